The average molecular weight is 393 g/mol. The Kier molecular flexibility index (Phi) is 7.13. The predicted octanol–water partition coefficient (Wildman–Crippen LogP) is 2.77. The van der Waals surface area contributed by atoms with Crippen molar-refractivity contribution in [3.8, 4) is 5.75 Å². The zero-order chi connectivity index (χ0) is 19.8. The molecule has 0 radical (unpaired) electrons. The molecule has 0 aliphatic carbocycles. The molecule has 2 aromatic rings. The van der Waals surface area contributed by atoms with E-state index < -0.39 is 23.4 Å². The minimum absolute atomic E-state index is 0.0234. The van der Waals surface area contributed by atoms with Crippen molar-refractivity contribution in [3.63, 3.8) is 0 Å². The summed E-state index contributed by atoms with van der Waals surface area (Å²) in [7, 11) is 1.29. The van der Waals surface area contributed by atoms with Crippen LogP contribution in [0.2, 0.25) is 5.02 Å². The van der Waals surface area contributed by atoms with Gasteiger partial charge in [-0.1, -0.05) is 23.7 Å². The Morgan fingerprint density at radius 1 is 1.22 bits per heavy atom. The first-order valence-corrected chi connectivity index (χ1v) is 8.29. The number of esters is 1. The van der Waals surface area contributed by atoms with Gasteiger partial charge in [0.05, 0.1) is 17.6 Å². The number of nitro groups is 1. The highest BCUT2D eigenvalue weighted by atomic mass is 35.5. The molecule has 2 aromatic carbocycles. The molecule has 0 saturated carbocycles. The maximum atomic E-state index is 12.0. The number of rotatable bonds is 8. The van der Waals surface area contributed by atoms with Gasteiger partial charge in [-0.05, 0) is 36.2 Å². The van der Waals surface area contributed by atoms with Gasteiger partial charge in [0.15, 0.2) is 12.4 Å². The Hall–Kier alpha value is -3.13. The molecule has 0 aromatic heterocycles. The molecule has 0 unspecified atom stereocenters. The van der Waals surface area contributed by atoms with E-state index in [-0.39, 0.29) is 17.0 Å². The quantitative estimate of drug-likeness (QED) is 0.420. The topological polar surface area (TPSA) is 108 Å². The minimum Gasteiger partial charge on any atom is -0.490 e. The number of carbonyl (C=O) groups is 2. The van der Waals surface area contributed by atoms with Crippen molar-refractivity contribution in [1.82, 2.24) is 5.32 Å². The minimum atomic E-state index is -0.842. The number of hydrogen-bond donors (Lipinski definition) is 1. The van der Waals surface area contributed by atoms with Crippen LogP contribution in [0, 0.1) is 10.1 Å². The van der Waals surface area contributed by atoms with Gasteiger partial charge in [-0.15, -0.1) is 0 Å². The molecule has 0 heterocycles. The lowest BCUT2D eigenvalue weighted by molar-refractivity contribution is -0.385. The Labute approximate surface area is 160 Å². The summed E-state index contributed by atoms with van der Waals surface area (Å²) >= 11 is 5.88. The lowest BCUT2D eigenvalue weighted by atomic mass is 10.1. The summed E-state index contributed by atoms with van der Waals surface area (Å²) in [6, 6.07) is 10.9. The fourth-order valence-corrected chi connectivity index (χ4v) is 2.48. The molecular weight excluding hydrogens is 376 g/mol. The van der Waals surface area contributed by atoms with E-state index in [0.717, 1.165) is 11.6 Å². The molecule has 0 aliphatic rings. The van der Waals surface area contributed by atoms with Crippen molar-refractivity contribution in [3.05, 3.63) is 68.7 Å². The highest BCUT2D eigenvalue weighted by molar-refractivity contribution is 6.30. The first kappa shape index (κ1) is 20.2. The van der Waals surface area contributed by atoms with Crippen LogP contribution in [0.5, 0.6) is 5.75 Å². The van der Waals surface area contributed by atoms with Crippen molar-refractivity contribution in [2.45, 2.75) is 6.42 Å². The van der Waals surface area contributed by atoms with E-state index in [1.165, 1.54) is 19.2 Å². The van der Waals surface area contributed by atoms with E-state index in [2.05, 4.69) is 5.32 Å². The largest absolute Gasteiger partial charge is 0.490 e. The molecule has 0 saturated heterocycles. The first-order chi connectivity index (χ1) is 12.9. The Bertz CT molecular complexity index is 855. The van der Waals surface area contributed by atoms with Crippen molar-refractivity contribution in [2.75, 3.05) is 20.3 Å². The van der Waals surface area contributed by atoms with Crippen LogP contribution in [-0.4, -0.2) is 37.1 Å². The second-order valence-electron chi connectivity index (χ2n) is 5.45. The van der Waals surface area contributed by atoms with Gasteiger partial charge in [-0.2, -0.15) is 0 Å². The van der Waals surface area contributed by atoms with E-state index in [4.69, 9.17) is 21.1 Å². The van der Waals surface area contributed by atoms with E-state index in [9.17, 15) is 19.7 Å². The van der Waals surface area contributed by atoms with Gasteiger partial charge in [0.1, 0.15) is 0 Å². The summed E-state index contributed by atoms with van der Waals surface area (Å²) < 4.78 is 9.75. The van der Waals surface area contributed by atoms with Gasteiger partial charge in [0.25, 0.3) is 5.91 Å². The third-order valence-corrected chi connectivity index (χ3v) is 3.81. The van der Waals surface area contributed by atoms with Crippen LogP contribution in [0.15, 0.2) is 42.5 Å². The summed E-state index contributed by atoms with van der Waals surface area (Å²) in [6.45, 7) is -0.140. The summed E-state index contributed by atoms with van der Waals surface area (Å²) in [6.07, 6.45) is 0.574. The molecule has 1 N–H and O–H groups in total. The number of ether oxygens (including phenoxy) is 2. The van der Waals surface area contributed by atoms with Crippen LogP contribution in [0.4, 0.5) is 5.69 Å². The molecule has 8 nitrogen and oxygen atoms in total. The zero-order valence-corrected chi connectivity index (χ0v) is 15.2. The second-order valence-corrected chi connectivity index (χ2v) is 5.89. The van der Waals surface area contributed by atoms with Crippen LogP contribution < -0.4 is 10.1 Å². The molecule has 27 heavy (non-hydrogen) atoms. The monoisotopic (exact) mass is 392 g/mol. The summed E-state index contributed by atoms with van der Waals surface area (Å²) in [5.74, 6) is -1.30. The Balaban J connectivity index is 1.83. The number of nitrogens with one attached hydrogen (secondary N) is 1. The number of benzene rings is 2. The maximum Gasteiger partial charge on any atom is 0.338 e. The van der Waals surface area contributed by atoms with Crippen LogP contribution in [0.1, 0.15) is 15.9 Å². The highest BCUT2D eigenvalue weighted by Gasteiger charge is 2.19. The zero-order valence-electron chi connectivity index (χ0n) is 14.4. The lowest BCUT2D eigenvalue weighted by Crippen LogP contribution is -2.30. The van der Waals surface area contributed by atoms with Crippen molar-refractivity contribution < 1.29 is 24.0 Å². The molecule has 1 amide bonds. The number of hydrogen-bond acceptors (Lipinski definition) is 6. The van der Waals surface area contributed by atoms with Crippen LogP contribution in [0.3, 0.4) is 0 Å². The van der Waals surface area contributed by atoms with Crippen molar-refractivity contribution in [1.29, 1.82) is 0 Å². The van der Waals surface area contributed by atoms with Crippen LogP contribution in [0.25, 0.3) is 0 Å². The summed E-state index contributed by atoms with van der Waals surface area (Å²) in [5, 5.41) is 14.2. The third kappa shape index (κ3) is 5.96. The number of halogens is 1. The average Bonchev–Trinajstić information content (AvgIpc) is 2.65. The van der Waals surface area contributed by atoms with E-state index in [1.807, 2.05) is 12.1 Å². The smallest absolute Gasteiger partial charge is 0.338 e. The van der Waals surface area contributed by atoms with Gasteiger partial charge < -0.3 is 14.8 Å². The molecule has 9 heteroatoms. The number of nitrogens with zero attached hydrogens (tertiary/aromatic N) is 1. The normalized spacial score (nSPS) is 10.1. The fraction of sp³-hybridized carbons (Fsp3) is 0.222. The Morgan fingerprint density at radius 2 is 2.00 bits per heavy atom. The highest BCUT2D eigenvalue weighted by Crippen LogP contribution is 2.27. The van der Waals surface area contributed by atoms with Crippen molar-refractivity contribution >= 4 is 29.2 Å². The lowest BCUT2D eigenvalue weighted by Gasteiger charge is -2.08. The summed E-state index contributed by atoms with van der Waals surface area (Å²) in [5.41, 5.74) is 0.553. The number of methoxy groups -OCH3 is 1. The van der Waals surface area contributed by atoms with Gasteiger partial charge >= 0.3 is 11.7 Å². The third-order valence-electron chi connectivity index (χ3n) is 3.57. The number of amides is 1. The molecule has 142 valence electrons. The SMILES string of the molecule is COc1ccc(C(=O)OCC(=O)NCCc2cccc(Cl)c2)cc1[N+](=O)[O-]. The first-order valence-electron chi connectivity index (χ1n) is 7.91. The molecule has 0 aliphatic heterocycles. The molecule has 0 fully saturated rings. The molecule has 2 rings (SSSR count). The van der Waals surface area contributed by atoms with E-state index in [0.29, 0.717) is 18.0 Å². The predicted molar refractivity (Wildman–Crippen MR) is 98.1 cm³/mol. The fourth-order valence-electron chi connectivity index (χ4n) is 2.26. The molecule has 0 atom stereocenters. The molecule has 0 bridgehead atoms. The Morgan fingerprint density at radius 3 is 2.67 bits per heavy atom. The summed E-state index contributed by atoms with van der Waals surface area (Å²) in [4.78, 5) is 34.1. The number of carbonyl (C=O) groups excluding carboxylic acids is 2. The standard InChI is InChI=1S/C18H17ClN2O6/c1-26-16-6-5-13(10-15(16)21(24)25)18(23)27-11-17(22)20-8-7-12-3-2-4-14(19)9-12/h2-6,9-10H,7-8,11H2,1H3,(H,20,22). The van der Waals surface area contributed by atoms with Gasteiger partial charge in [0.2, 0.25) is 0 Å². The van der Waals surface area contributed by atoms with Crippen molar-refractivity contribution in [2.24, 2.45) is 0 Å². The van der Waals surface area contributed by atoms with Crippen LogP contribution in [-0.2, 0) is 16.0 Å². The van der Waals surface area contributed by atoms with Gasteiger partial charge in [-0.3, -0.25) is 14.9 Å². The number of nitro benzene ring substituents is 1. The maximum absolute atomic E-state index is 12.0. The molecule has 0 spiro atoms. The van der Waals surface area contributed by atoms with E-state index in [1.54, 1.807) is 12.1 Å². The van der Waals surface area contributed by atoms with E-state index >= 15 is 0 Å². The molecular formula is C18H17ClN2O6. The van der Waals surface area contributed by atoms with Crippen LogP contribution >= 0.6 is 11.6 Å². The van der Waals surface area contributed by atoms with Gasteiger partial charge in [0, 0.05) is 17.6 Å². The second kappa shape index (κ2) is 9.54. The van der Waals surface area contributed by atoms with Gasteiger partial charge in [-0.25, -0.2) is 4.79 Å².